The highest BCUT2D eigenvalue weighted by Crippen LogP contribution is 2.45. The minimum Gasteiger partial charge on any atom is -0.374 e. The van der Waals surface area contributed by atoms with Crippen LogP contribution in [-0.2, 0) is 36.3 Å². The summed E-state index contributed by atoms with van der Waals surface area (Å²) in [6.07, 6.45) is 7.55. The third-order valence-electron chi connectivity index (χ3n) is 5.03. The highest BCUT2D eigenvalue weighted by atomic mass is 31.2. The van der Waals surface area contributed by atoms with E-state index in [1.54, 1.807) is 0 Å². The molecule has 0 aliphatic carbocycles. The second-order valence-electron chi connectivity index (χ2n) is 7.61. The molecule has 0 aromatic heterocycles. The molecule has 0 radical (unpaired) electrons. The van der Waals surface area contributed by atoms with Crippen LogP contribution in [-0.4, -0.2) is 31.3 Å². The van der Waals surface area contributed by atoms with E-state index in [0.717, 1.165) is 37.5 Å². The molecular formula is C26H35O6P. The zero-order chi connectivity index (χ0) is 23.8. The number of phosphoric ester groups is 1. The number of ether oxygens (including phenoxy) is 2. The predicted octanol–water partition coefficient (Wildman–Crippen LogP) is 6.08. The van der Waals surface area contributed by atoms with Crippen LogP contribution in [0.4, 0.5) is 0 Å². The monoisotopic (exact) mass is 474 g/mol. The zero-order valence-electron chi connectivity index (χ0n) is 19.3. The molecule has 7 heteroatoms. The maximum atomic E-state index is 12.2. The van der Waals surface area contributed by atoms with Gasteiger partial charge < -0.3 is 14.4 Å². The Kier molecular flexibility index (Phi) is 13.0. The summed E-state index contributed by atoms with van der Waals surface area (Å²) in [5, 5.41) is 0. The van der Waals surface area contributed by atoms with Crippen LogP contribution in [0.15, 0.2) is 85.5 Å². The van der Waals surface area contributed by atoms with E-state index >= 15 is 0 Å². The number of unbranched alkanes of at least 4 members (excludes halogenated alkanes) is 1. The van der Waals surface area contributed by atoms with E-state index < -0.39 is 13.9 Å². The van der Waals surface area contributed by atoms with Crippen LogP contribution in [0.2, 0.25) is 0 Å². The Morgan fingerprint density at radius 1 is 1.00 bits per heavy atom. The van der Waals surface area contributed by atoms with Gasteiger partial charge in [0.05, 0.1) is 32.5 Å². The van der Waals surface area contributed by atoms with Gasteiger partial charge in [0.1, 0.15) is 0 Å². The average Bonchev–Trinajstić information content (AvgIpc) is 2.83. The lowest BCUT2D eigenvalue weighted by Crippen LogP contribution is -2.28. The van der Waals surface area contributed by atoms with Gasteiger partial charge in [-0.15, -0.1) is 6.58 Å². The molecular weight excluding hydrogens is 439 g/mol. The van der Waals surface area contributed by atoms with Crippen LogP contribution in [0, 0.1) is 5.92 Å². The summed E-state index contributed by atoms with van der Waals surface area (Å²) < 4.78 is 33.9. The zero-order valence-corrected chi connectivity index (χ0v) is 20.1. The van der Waals surface area contributed by atoms with Crippen molar-refractivity contribution < 1.29 is 28.0 Å². The van der Waals surface area contributed by atoms with Crippen molar-refractivity contribution in [2.75, 3.05) is 20.3 Å². The molecule has 0 aliphatic heterocycles. The summed E-state index contributed by atoms with van der Waals surface area (Å²) in [7, 11) is -3.03. The molecule has 0 aliphatic rings. The molecule has 0 bridgehead atoms. The third-order valence-corrected chi connectivity index (χ3v) is 6.02. The maximum absolute atomic E-state index is 12.2. The summed E-state index contributed by atoms with van der Waals surface area (Å²) in [4.78, 5) is 9.96. The summed E-state index contributed by atoms with van der Waals surface area (Å²) in [6.45, 7) is 5.24. The Labute approximate surface area is 197 Å². The normalized spacial score (nSPS) is 15.2. The van der Waals surface area contributed by atoms with Crippen molar-refractivity contribution >= 4 is 7.82 Å². The van der Waals surface area contributed by atoms with Crippen molar-refractivity contribution in [1.29, 1.82) is 0 Å². The minimum atomic E-state index is -4.18. The SMILES string of the molecule is C=CCCC[C@H](/C=C/COCc1ccccc1)[C@@H](COCc1ccccc1)OP(=O)(O)OC. The van der Waals surface area contributed by atoms with Gasteiger partial charge in [-0.3, -0.25) is 9.05 Å². The average molecular weight is 475 g/mol. The van der Waals surface area contributed by atoms with E-state index in [4.69, 9.17) is 14.0 Å². The first-order valence-corrected chi connectivity index (χ1v) is 12.6. The van der Waals surface area contributed by atoms with E-state index in [1.807, 2.05) is 78.9 Å². The lowest BCUT2D eigenvalue weighted by Gasteiger charge is -2.26. The molecule has 1 unspecified atom stereocenters. The quantitative estimate of drug-likeness (QED) is 0.170. The standard InChI is InChI=1S/C26H35O6P/c1-3-4-7-17-25(18-12-19-30-20-23-13-8-5-9-14-23)26(32-33(27,28)29-2)22-31-21-24-15-10-6-11-16-24/h3,5-6,8-16,18,25-26H,1,4,7,17,19-22H2,2H3,(H,27,28)/b18-12+/t25-,26-/m1/s1. The van der Waals surface area contributed by atoms with Crippen molar-refractivity contribution in [1.82, 2.24) is 0 Å². The third kappa shape index (κ3) is 11.6. The minimum absolute atomic E-state index is 0.150. The van der Waals surface area contributed by atoms with Crippen molar-refractivity contribution in [3.8, 4) is 0 Å². The van der Waals surface area contributed by atoms with Gasteiger partial charge in [0.2, 0.25) is 0 Å². The van der Waals surface area contributed by atoms with E-state index in [9.17, 15) is 9.46 Å². The Hall–Kier alpha value is -2.05. The van der Waals surface area contributed by atoms with Crippen LogP contribution >= 0.6 is 7.82 Å². The van der Waals surface area contributed by atoms with Gasteiger partial charge in [0.15, 0.2) is 0 Å². The molecule has 33 heavy (non-hydrogen) atoms. The lowest BCUT2D eigenvalue weighted by atomic mass is 9.95. The van der Waals surface area contributed by atoms with Crippen molar-refractivity contribution in [3.63, 3.8) is 0 Å². The molecule has 0 spiro atoms. The second kappa shape index (κ2) is 15.7. The molecule has 0 saturated carbocycles. The molecule has 180 valence electrons. The fourth-order valence-electron chi connectivity index (χ4n) is 3.27. The van der Waals surface area contributed by atoms with E-state index in [0.29, 0.717) is 19.8 Å². The van der Waals surface area contributed by atoms with Gasteiger partial charge in [0, 0.05) is 13.0 Å². The first kappa shape index (κ1) is 27.2. The largest absolute Gasteiger partial charge is 0.472 e. The number of allylic oxidation sites excluding steroid dienone is 1. The Bertz CT molecular complexity index is 856. The fraction of sp³-hybridized carbons (Fsp3) is 0.385. The summed E-state index contributed by atoms with van der Waals surface area (Å²) in [5.41, 5.74) is 2.12. The first-order valence-electron chi connectivity index (χ1n) is 11.1. The van der Waals surface area contributed by atoms with Gasteiger partial charge in [0.25, 0.3) is 0 Å². The molecule has 0 fully saturated rings. The molecule has 2 aromatic carbocycles. The number of phosphoric acid groups is 1. The lowest BCUT2D eigenvalue weighted by molar-refractivity contribution is 0.00224. The Morgan fingerprint density at radius 2 is 1.61 bits per heavy atom. The van der Waals surface area contributed by atoms with Gasteiger partial charge in [-0.05, 0) is 30.4 Å². The summed E-state index contributed by atoms with van der Waals surface area (Å²) in [6, 6.07) is 19.7. The van der Waals surface area contributed by atoms with E-state index in [1.165, 1.54) is 0 Å². The number of rotatable bonds is 17. The highest BCUT2D eigenvalue weighted by molar-refractivity contribution is 7.47. The predicted molar refractivity (Wildman–Crippen MR) is 131 cm³/mol. The molecule has 0 amide bonds. The summed E-state index contributed by atoms with van der Waals surface area (Å²) >= 11 is 0. The molecule has 0 heterocycles. The van der Waals surface area contributed by atoms with E-state index in [-0.39, 0.29) is 12.5 Å². The first-order chi connectivity index (χ1) is 16.0. The van der Waals surface area contributed by atoms with Gasteiger partial charge in [-0.2, -0.15) is 0 Å². The molecule has 0 saturated heterocycles. The molecule has 1 N–H and O–H groups in total. The number of hydrogen-bond donors (Lipinski definition) is 1. The van der Waals surface area contributed by atoms with Crippen LogP contribution < -0.4 is 0 Å². The van der Waals surface area contributed by atoms with E-state index in [2.05, 4.69) is 11.1 Å². The van der Waals surface area contributed by atoms with Crippen molar-refractivity contribution in [3.05, 3.63) is 96.6 Å². The number of benzene rings is 2. The smallest absolute Gasteiger partial charge is 0.374 e. The van der Waals surface area contributed by atoms with Crippen LogP contribution in [0.5, 0.6) is 0 Å². The number of hydrogen-bond acceptors (Lipinski definition) is 5. The summed E-state index contributed by atoms with van der Waals surface area (Å²) in [5.74, 6) is -0.156. The molecule has 2 rings (SSSR count). The van der Waals surface area contributed by atoms with Crippen LogP contribution in [0.1, 0.15) is 30.4 Å². The highest BCUT2D eigenvalue weighted by Gasteiger charge is 2.30. The molecule has 2 aromatic rings. The van der Waals surface area contributed by atoms with Crippen LogP contribution in [0.25, 0.3) is 0 Å². The second-order valence-corrected chi connectivity index (χ2v) is 9.12. The van der Waals surface area contributed by atoms with Crippen LogP contribution in [0.3, 0.4) is 0 Å². The molecule has 6 nitrogen and oxygen atoms in total. The van der Waals surface area contributed by atoms with Gasteiger partial charge in [-0.25, -0.2) is 4.57 Å². The molecule has 3 atom stereocenters. The van der Waals surface area contributed by atoms with Gasteiger partial charge in [-0.1, -0.05) is 78.9 Å². The fourth-order valence-corrected chi connectivity index (χ4v) is 3.91. The van der Waals surface area contributed by atoms with Crippen molar-refractivity contribution in [2.24, 2.45) is 5.92 Å². The Morgan fingerprint density at radius 3 is 2.18 bits per heavy atom. The maximum Gasteiger partial charge on any atom is 0.472 e. The van der Waals surface area contributed by atoms with Gasteiger partial charge >= 0.3 is 7.82 Å². The Balaban J connectivity index is 2.00. The topological polar surface area (TPSA) is 74.2 Å². The van der Waals surface area contributed by atoms with Crippen molar-refractivity contribution in [2.45, 2.75) is 38.6 Å².